The lowest BCUT2D eigenvalue weighted by Crippen LogP contribution is -2.33. The van der Waals surface area contributed by atoms with Crippen molar-refractivity contribution in [1.82, 2.24) is 10.3 Å². The van der Waals surface area contributed by atoms with Crippen LogP contribution in [0.3, 0.4) is 0 Å². The molecule has 0 aliphatic heterocycles. The first-order valence-corrected chi connectivity index (χ1v) is 8.51. The van der Waals surface area contributed by atoms with Gasteiger partial charge in [0.25, 0.3) is 0 Å². The fraction of sp³-hybridized carbons (Fsp3) is 0.722. The molecule has 1 aromatic rings. The molecule has 3 nitrogen and oxygen atoms in total. The number of ether oxygens (including phenoxy) is 1. The molecule has 1 aliphatic rings. The molecule has 0 aromatic carbocycles. The van der Waals surface area contributed by atoms with E-state index in [1.165, 1.54) is 31.2 Å². The minimum atomic E-state index is 0.560. The molecule has 0 amide bonds. The molecular weight excluding hydrogens is 260 g/mol. The SMILES string of the molecule is CCCOc1cncc(C2CCCCC2CNC(C)C)c1. The number of hydrogen-bond donors (Lipinski definition) is 1. The molecule has 1 fully saturated rings. The molecular formula is C18H30N2O. The van der Waals surface area contributed by atoms with Crippen molar-refractivity contribution in [3.8, 4) is 5.75 Å². The van der Waals surface area contributed by atoms with Crippen LogP contribution < -0.4 is 10.1 Å². The molecule has 0 spiro atoms. The third-order valence-corrected chi connectivity index (χ3v) is 4.33. The number of hydrogen-bond acceptors (Lipinski definition) is 3. The van der Waals surface area contributed by atoms with E-state index in [1.54, 1.807) is 0 Å². The second kappa shape index (κ2) is 8.38. The highest BCUT2D eigenvalue weighted by atomic mass is 16.5. The number of nitrogens with one attached hydrogen (secondary N) is 1. The molecule has 0 saturated heterocycles. The molecule has 0 bridgehead atoms. The monoisotopic (exact) mass is 290 g/mol. The van der Waals surface area contributed by atoms with Crippen LogP contribution in [0.25, 0.3) is 0 Å². The summed E-state index contributed by atoms with van der Waals surface area (Å²) in [7, 11) is 0. The van der Waals surface area contributed by atoms with Crippen molar-refractivity contribution in [3.05, 3.63) is 24.0 Å². The van der Waals surface area contributed by atoms with Crippen LogP contribution in [0.5, 0.6) is 5.75 Å². The molecule has 0 radical (unpaired) electrons. The summed E-state index contributed by atoms with van der Waals surface area (Å²) in [6.07, 6.45) is 10.2. The number of nitrogens with zero attached hydrogens (tertiary/aromatic N) is 1. The topological polar surface area (TPSA) is 34.1 Å². The Hall–Kier alpha value is -1.09. The second-order valence-corrected chi connectivity index (χ2v) is 6.52. The van der Waals surface area contributed by atoms with Crippen molar-refractivity contribution in [1.29, 1.82) is 0 Å². The minimum absolute atomic E-state index is 0.560. The van der Waals surface area contributed by atoms with E-state index in [0.717, 1.165) is 31.2 Å². The smallest absolute Gasteiger partial charge is 0.137 e. The highest BCUT2D eigenvalue weighted by molar-refractivity contribution is 5.27. The fourth-order valence-electron chi connectivity index (χ4n) is 3.22. The maximum atomic E-state index is 5.74. The first kappa shape index (κ1) is 16.3. The van der Waals surface area contributed by atoms with E-state index in [9.17, 15) is 0 Å². The first-order chi connectivity index (χ1) is 10.2. The number of rotatable bonds is 7. The lowest BCUT2D eigenvalue weighted by molar-refractivity contribution is 0.286. The fourth-order valence-corrected chi connectivity index (χ4v) is 3.22. The van der Waals surface area contributed by atoms with Crippen molar-refractivity contribution >= 4 is 0 Å². The third kappa shape index (κ3) is 4.99. The Bertz CT molecular complexity index is 419. The molecule has 1 aromatic heterocycles. The number of aromatic nitrogens is 1. The average molecular weight is 290 g/mol. The van der Waals surface area contributed by atoms with Gasteiger partial charge in [0.2, 0.25) is 0 Å². The van der Waals surface area contributed by atoms with Gasteiger partial charge < -0.3 is 10.1 Å². The van der Waals surface area contributed by atoms with Gasteiger partial charge in [-0.3, -0.25) is 4.98 Å². The zero-order valence-corrected chi connectivity index (χ0v) is 13.8. The van der Waals surface area contributed by atoms with Crippen LogP contribution in [0.15, 0.2) is 18.5 Å². The summed E-state index contributed by atoms with van der Waals surface area (Å²) < 4.78 is 5.74. The lowest BCUT2D eigenvalue weighted by atomic mass is 9.76. The van der Waals surface area contributed by atoms with E-state index in [0.29, 0.717) is 12.0 Å². The number of pyridine rings is 1. The molecule has 1 aliphatic carbocycles. The van der Waals surface area contributed by atoms with Crippen LogP contribution in [0.4, 0.5) is 0 Å². The lowest BCUT2D eigenvalue weighted by Gasteiger charge is -2.32. The van der Waals surface area contributed by atoms with Gasteiger partial charge in [-0.1, -0.05) is 33.6 Å². The summed E-state index contributed by atoms with van der Waals surface area (Å²) in [6, 6.07) is 2.77. The van der Waals surface area contributed by atoms with Crippen molar-refractivity contribution in [2.45, 2.75) is 64.8 Å². The molecule has 2 unspecified atom stereocenters. The van der Waals surface area contributed by atoms with Crippen LogP contribution in [0, 0.1) is 5.92 Å². The van der Waals surface area contributed by atoms with Crippen molar-refractivity contribution in [3.63, 3.8) is 0 Å². The normalized spacial score (nSPS) is 22.5. The predicted molar refractivity (Wildman–Crippen MR) is 87.9 cm³/mol. The molecule has 2 rings (SSSR count). The van der Waals surface area contributed by atoms with Gasteiger partial charge in [0.05, 0.1) is 12.8 Å². The largest absolute Gasteiger partial charge is 0.492 e. The van der Waals surface area contributed by atoms with Gasteiger partial charge in [-0.2, -0.15) is 0 Å². The van der Waals surface area contributed by atoms with Crippen LogP contribution in [-0.2, 0) is 0 Å². The standard InChI is InChI=1S/C18H30N2O/c1-4-9-21-17-10-16(11-19-13-17)18-8-6-5-7-15(18)12-20-14(2)3/h10-11,13-15,18,20H,4-9,12H2,1-3H3. The van der Waals surface area contributed by atoms with E-state index in [1.807, 2.05) is 12.4 Å². The Morgan fingerprint density at radius 2 is 2.10 bits per heavy atom. The maximum Gasteiger partial charge on any atom is 0.137 e. The van der Waals surface area contributed by atoms with E-state index < -0.39 is 0 Å². The van der Waals surface area contributed by atoms with Gasteiger partial charge in [0, 0.05) is 12.2 Å². The molecule has 3 heteroatoms. The zero-order chi connectivity index (χ0) is 15.1. The van der Waals surface area contributed by atoms with Gasteiger partial charge in [0.1, 0.15) is 5.75 Å². The van der Waals surface area contributed by atoms with E-state index >= 15 is 0 Å². The molecule has 21 heavy (non-hydrogen) atoms. The van der Waals surface area contributed by atoms with Crippen LogP contribution in [-0.4, -0.2) is 24.2 Å². The van der Waals surface area contributed by atoms with Gasteiger partial charge in [-0.05, 0) is 49.3 Å². The molecule has 118 valence electrons. The molecule has 2 atom stereocenters. The zero-order valence-electron chi connectivity index (χ0n) is 13.8. The Labute approximate surface area is 129 Å². The quantitative estimate of drug-likeness (QED) is 0.819. The van der Waals surface area contributed by atoms with Gasteiger partial charge in [-0.15, -0.1) is 0 Å². The predicted octanol–water partition coefficient (Wildman–Crippen LogP) is 4.14. The summed E-state index contributed by atoms with van der Waals surface area (Å²) in [5.41, 5.74) is 1.36. The van der Waals surface area contributed by atoms with Crippen molar-refractivity contribution in [2.24, 2.45) is 5.92 Å². The van der Waals surface area contributed by atoms with Crippen LogP contribution in [0.2, 0.25) is 0 Å². The maximum absolute atomic E-state index is 5.74. The van der Waals surface area contributed by atoms with Gasteiger partial charge in [0.15, 0.2) is 0 Å². The Morgan fingerprint density at radius 1 is 1.29 bits per heavy atom. The van der Waals surface area contributed by atoms with E-state index in [-0.39, 0.29) is 0 Å². The third-order valence-electron chi connectivity index (χ3n) is 4.33. The summed E-state index contributed by atoms with van der Waals surface area (Å²) in [5.74, 6) is 2.28. The van der Waals surface area contributed by atoms with Crippen molar-refractivity contribution in [2.75, 3.05) is 13.2 Å². The summed E-state index contributed by atoms with van der Waals surface area (Å²) in [6.45, 7) is 8.46. The Kier molecular flexibility index (Phi) is 6.50. The highest BCUT2D eigenvalue weighted by Gasteiger charge is 2.26. The molecule has 1 heterocycles. The summed E-state index contributed by atoms with van der Waals surface area (Å²) in [4.78, 5) is 4.40. The van der Waals surface area contributed by atoms with Gasteiger partial charge in [-0.25, -0.2) is 0 Å². The summed E-state index contributed by atoms with van der Waals surface area (Å²) in [5, 5.41) is 3.61. The molecule has 1 N–H and O–H groups in total. The van der Waals surface area contributed by atoms with E-state index in [2.05, 4.69) is 37.1 Å². The first-order valence-electron chi connectivity index (χ1n) is 8.51. The average Bonchev–Trinajstić information content (AvgIpc) is 2.51. The Balaban J connectivity index is 2.05. The van der Waals surface area contributed by atoms with Crippen molar-refractivity contribution < 1.29 is 4.74 Å². The van der Waals surface area contributed by atoms with Gasteiger partial charge >= 0.3 is 0 Å². The molecule has 1 saturated carbocycles. The highest BCUT2D eigenvalue weighted by Crippen LogP contribution is 2.38. The van der Waals surface area contributed by atoms with E-state index in [4.69, 9.17) is 4.74 Å². The second-order valence-electron chi connectivity index (χ2n) is 6.52. The summed E-state index contributed by atoms with van der Waals surface area (Å²) >= 11 is 0. The van der Waals surface area contributed by atoms with Crippen LogP contribution in [0.1, 0.15) is 64.4 Å². The van der Waals surface area contributed by atoms with Crippen LogP contribution >= 0.6 is 0 Å². The Morgan fingerprint density at radius 3 is 2.86 bits per heavy atom. The minimum Gasteiger partial charge on any atom is -0.492 e.